The lowest BCUT2D eigenvalue weighted by atomic mass is 10.2. The Morgan fingerprint density at radius 1 is 1.50 bits per heavy atom. The van der Waals surface area contributed by atoms with E-state index in [0.29, 0.717) is 19.6 Å². The van der Waals surface area contributed by atoms with Crippen LogP contribution in [-0.4, -0.2) is 52.2 Å². The first kappa shape index (κ1) is 13.5. The Morgan fingerprint density at radius 3 is 2.83 bits per heavy atom. The van der Waals surface area contributed by atoms with Crippen LogP contribution in [0.1, 0.15) is 6.42 Å². The highest BCUT2D eigenvalue weighted by Crippen LogP contribution is 2.27. The number of nitrogens with zero attached hydrogens (tertiary/aromatic N) is 1. The maximum atomic E-state index is 12.4. The maximum Gasteiger partial charge on any atom is 0.276 e. The summed E-state index contributed by atoms with van der Waals surface area (Å²) in [5.74, 6) is 0. The van der Waals surface area contributed by atoms with Gasteiger partial charge in [0, 0.05) is 20.8 Å². The molecule has 0 saturated carbocycles. The third-order valence-electron chi connectivity index (χ3n) is 3.08. The molecule has 6 nitrogen and oxygen atoms in total. The summed E-state index contributed by atoms with van der Waals surface area (Å²) in [4.78, 5) is 0. The molecule has 18 heavy (non-hydrogen) atoms. The van der Waals surface area contributed by atoms with E-state index in [4.69, 9.17) is 13.9 Å². The van der Waals surface area contributed by atoms with Gasteiger partial charge in [0.25, 0.3) is 10.0 Å². The van der Waals surface area contributed by atoms with Crippen LogP contribution in [-0.2, 0) is 19.5 Å². The normalized spacial score (nSPS) is 25.7. The van der Waals surface area contributed by atoms with Crippen LogP contribution in [0.4, 0.5) is 0 Å². The lowest BCUT2D eigenvalue weighted by Crippen LogP contribution is -2.38. The van der Waals surface area contributed by atoms with Crippen molar-refractivity contribution in [3.63, 3.8) is 0 Å². The molecular formula is C11H17NO5S. The van der Waals surface area contributed by atoms with Crippen molar-refractivity contribution in [2.75, 3.05) is 27.4 Å². The third kappa shape index (κ3) is 2.44. The zero-order valence-corrected chi connectivity index (χ0v) is 11.2. The molecular weight excluding hydrogens is 258 g/mol. The van der Waals surface area contributed by atoms with Crippen LogP contribution >= 0.6 is 0 Å². The first-order valence-electron chi connectivity index (χ1n) is 5.66. The van der Waals surface area contributed by atoms with Crippen LogP contribution in [0.3, 0.4) is 0 Å². The Hall–Kier alpha value is -0.890. The van der Waals surface area contributed by atoms with Crippen molar-refractivity contribution in [1.82, 2.24) is 4.31 Å². The summed E-state index contributed by atoms with van der Waals surface area (Å²) < 4.78 is 41.4. The number of ether oxygens (including phenoxy) is 2. The van der Waals surface area contributed by atoms with Crippen LogP contribution in [0.15, 0.2) is 27.9 Å². The molecule has 1 aliphatic heterocycles. The van der Waals surface area contributed by atoms with E-state index in [1.807, 2.05) is 0 Å². The highest BCUT2D eigenvalue weighted by Gasteiger charge is 2.41. The predicted molar refractivity (Wildman–Crippen MR) is 63.7 cm³/mol. The average Bonchev–Trinajstić information content (AvgIpc) is 2.98. The van der Waals surface area contributed by atoms with Crippen molar-refractivity contribution in [1.29, 1.82) is 0 Å². The van der Waals surface area contributed by atoms with Gasteiger partial charge in [-0.25, -0.2) is 8.42 Å². The lowest BCUT2D eigenvalue weighted by molar-refractivity contribution is 0.110. The van der Waals surface area contributed by atoms with Gasteiger partial charge < -0.3 is 13.9 Å². The summed E-state index contributed by atoms with van der Waals surface area (Å²) in [5, 5.41) is -0.0413. The van der Waals surface area contributed by atoms with Gasteiger partial charge in [-0.1, -0.05) is 0 Å². The standard InChI is InChI=1S/C11H17NO5S/c1-15-8-9-6-10(16-2)7-12(9)18(13,14)11-4-3-5-17-11/h3-5,9-10H,6-8H2,1-2H3/t9-,10+/m0/s1. The Morgan fingerprint density at radius 2 is 2.28 bits per heavy atom. The number of hydrogen-bond acceptors (Lipinski definition) is 5. The summed E-state index contributed by atoms with van der Waals surface area (Å²) in [6, 6.07) is 2.79. The predicted octanol–water partition coefficient (Wildman–Crippen LogP) is 0.704. The highest BCUT2D eigenvalue weighted by molar-refractivity contribution is 7.89. The van der Waals surface area contributed by atoms with Crippen LogP contribution in [0, 0.1) is 0 Å². The van der Waals surface area contributed by atoms with Crippen LogP contribution in [0.2, 0.25) is 0 Å². The minimum absolute atomic E-state index is 0.0413. The second-order valence-electron chi connectivity index (χ2n) is 4.21. The van der Waals surface area contributed by atoms with Crippen molar-refractivity contribution in [2.24, 2.45) is 0 Å². The van der Waals surface area contributed by atoms with Crippen LogP contribution in [0.25, 0.3) is 0 Å². The first-order chi connectivity index (χ1) is 8.59. The SMILES string of the molecule is COC[C@@H]1C[C@@H](OC)CN1S(=O)(=O)c1ccco1. The molecule has 1 saturated heterocycles. The van der Waals surface area contributed by atoms with Gasteiger partial charge in [-0.2, -0.15) is 4.31 Å². The quantitative estimate of drug-likeness (QED) is 0.791. The number of rotatable bonds is 5. The third-order valence-corrected chi connectivity index (χ3v) is 4.88. The van der Waals surface area contributed by atoms with E-state index >= 15 is 0 Å². The lowest BCUT2D eigenvalue weighted by Gasteiger charge is -2.21. The number of methoxy groups -OCH3 is 2. The van der Waals surface area contributed by atoms with E-state index in [0.717, 1.165) is 0 Å². The summed E-state index contributed by atoms with van der Waals surface area (Å²) in [5.41, 5.74) is 0. The minimum Gasteiger partial charge on any atom is -0.452 e. The molecule has 7 heteroatoms. The van der Waals surface area contributed by atoms with Gasteiger partial charge >= 0.3 is 0 Å². The molecule has 0 N–H and O–H groups in total. The summed E-state index contributed by atoms with van der Waals surface area (Å²) in [6.45, 7) is 0.674. The van der Waals surface area contributed by atoms with Gasteiger partial charge in [-0.3, -0.25) is 0 Å². The first-order valence-corrected chi connectivity index (χ1v) is 7.10. The fraction of sp³-hybridized carbons (Fsp3) is 0.636. The molecule has 102 valence electrons. The van der Waals surface area contributed by atoms with Gasteiger partial charge in [0.05, 0.1) is 25.0 Å². The molecule has 0 bridgehead atoms. The maximum absolute atomic E-state index is 12.4. The Balaban J connectivity index is 2.25. The van der Waals surface area contributed by atoms with Crippen molar-refractivity contribution in [3.8, 4) is 0 Å². The monoisotopic (exact) mass is 275 g/mol. The van der Waals surface area contributed by atoms with Crippen molar-refractivity contribution >= 4 is 10.0 Å². The molecule has 0 spiro atoms. The molecule has 0 unspecified atom stereocenters. The molecule has 2 rings (SSSR count). The van der Waals surface area contributed by atoms with E-state index in [-0.39, 0.29) is 17.2 Å². The van der Waals surface area contributed by atoms with Crippen molar-refractivity contribution < 1.29 is 22.3 Å². The fourth-order valence-corrected chi connectivity index (χ4v) is 3.74. The molecule has 1 aromatic rings. The molecule has 0 aliphatic carbocycles. The Kier molecular flexibility index (Phi) is 4.06. The number of furan rings is 1. The second-order valence-corrected chi connectivity index (χ2v) is 6.03. The summed E-state index contributed by atoms with van der Waals surface area (Å²) in [6.07, 6.45) is 1.88. The van der Waals surface area contributed by atoms with Crippen LogP contribution in [0.5, 0.6) is 0 Å². The zero-order valence-electron chi connectivity index (χ0n) is 10.4. The molecule has 0 aromatic carbocycles. The van der Waals surface area contributed by atoms with E-state index in [1.54, 1.807) is 20.3 Å². The largest absolute Gasteiger partial charge is 0.452 e. The highest BCUT2D eigenvalue weighted by atomic mass is 32.2. The Bertz CT molecular complexity index is 470. The number of sulfonamides is 1. The van der Waals surface area contributed by atoms with Crippen molar-refractivity contribution in [2.45, 2.75) is 23.7 Å². The molecule has 1 aliphatic rings. The van der Waals surface area contributed by atoms with E-state index < -0.39 is 10.0 Å². The molecule has 1 fully saturated rings. The van der Waals surface area contributed by atoms with Gasteiger partial charge in [0.1, 0.15) is 0 Å². The van der Waals surface area contributed by atoms with E-state index in [9.17, 15) is 8.42 Å². The molecule has 0 radical (unpaired) electrons. The molecule has 2 heterocycles. The van der Waals surface area contributed by atoms with E-state index in [2.05, 4.69) is 0 Å². The molecule has 2 atom stereocenters. The smallest absolute Gasteiger partial charge is 0.276 e. The van der Waals surface area contributed by atoms with Gasteiger partial charge in [0.15, 0.2) is 0 Å². The molecule has 0 amide bonds. The minimum atomic E-state index is -3.60. The van der Waals surface area contributed by atoms with Gasteiger partial charge in [-0.05, 0) is 18.6 Å². The summed E-state index contributed by atoms with van der Waals surface area (Å²) in [7, 11) is -0.469. The fourth-order valence-electron chi connectivity index (χ4n) is 2.18. The Labute approximate surface area is 107 Å². The number of hydrogen-bond donors (Lipinski definition) is 0. The zero-order chi connectivity index (χ0) is 13.2. The summed E-state index contributed by atoms with van der Waals surface area (Å²) >= 11 is 0. The topological polar surface area (TPSA) is 69.0 Å². The second kappa shape index (κ2) is 5.40. The average molecular weight is 275 g/mol. The van der Waals surface area contributed by atoms with E-state index in [1.165, 1.54) is 16.6 Å². The van der Waals surface area contributed by atoms with Gasteiger partial charge in [0.2, 0.25) is 5.09 Å². The molecule has 1 aromatic heterocycles. The van der Waals surface area contributed by atoms with Gasteiger partial charge in [-0.15, -0.1) is 0 Å². The van der Waals surface area contributed by atoms with Crippen LogP contribution < -0.4 is 0 Å². The van der Waals surface area contributed by atoms with Crippen molar-refractivity contribution in [3.05, 3.63) is 18.4 Å².